The smallest absolute Gasteiger partial charge is 0.317 e. The quantitative estimate of drug-likeness (QED) is 0.368. The van der Waals surface area contributed by atoms with Gasteiger partial charge in [-0.15, -0.1) is 0 Å². The Hall–Kier alpha value is -2.38. The molecule has 24 heavy (non-hydrogen) atoms. The van der Waals surface area contributed by atoms with Crippen LogP contribution in [0.5, 0.6) is 5.75 Å². The standard InChI is InChI=1S/C12H14N2O10/c15-4-8-9(16)10(17)11(18)12(24-8)23-7-2-1-5(13(19)20)3-6(7)14(21)22/h1-3,8-12,15-18H,4H2/t8-,9+,10+,11-,12-/m1/s1. The predicted molar refractivity (Wildman–Crippen MR) is 74.1 cm³/mol. The molecule has 1 saturated heterocycles. The van der Waals surface area contributed by atoms with Crippen molar-refractivity contribution in [1.82, 2.24) is 0 Å². The third-order valence-electron chi connectivity index (χ3n) is 3.44. The molecule has 1 aromatic carbocycles. The lowest BCUT2D eigenvalue weighted by Crippen LogP contribution is -2.60. The second-order valence-corrected chi connectivity index (χ2v) is 4.98. The number of nitro groups is 2. The minimum absolute atomic E-state index is 0.449. The summed E-state index contributed by atoms with van der Waals surface area (Å²) in [7, 11) is 0. The Bertz CT molecular complexity index is 636. The SMILES string of the molecule is O=[N+]([O-])c1ccc(O[C@@H]2O[C@H](CO)[C@H](O)[C@H](O)[C@H]2O)c([N+](=O)[O-])c1. The molecule has 1 aliphatic heterocycles. The number of nitro benzene ring substituents is 2. The highest BCUT2D eigenvalue weighted by Gasteiger charge is 2.45. The summed E-state index contributed by atoms with van der Waals surface area (Å²) in [6, 6.07) is 2.56. The Labute approximate surface area is 133 Å². The molecule has 5 atom stereocenters. The lowest BCUT2D eigenvalue weighted by Gasteiger charge is -2.39. The Kier molecular flexibility index (Phi) is 5.26. The van der Waals surface area contributed by atoms with E-state index < -0.39 is 64.3 Å². The molecule has 0 saturated carbocycles. The van der Waals surface area contributed by atoms with Crippen molar-refractivity contribution < 1.29 is 39.7 Å². The van der Waals surface area contributed by atoms with Gasteiger partial charge in [0.05, 0.1) is 22.5 Å². The summed E-state index contributed by atoms with van der Waals surface area (Å²) in [4.78, 5) is 20.0. The van der Waals surface area contributed by atoms with Crippen molar-refractivity contribution in [3.63, 3.8) is 0 Å². The van der Waals surface area contributed by atoms with Crippen molar-refractivity contribution in [2.45, 2.75) is 30.7 Å². The predicted octanol–water partition coefficient (Wildman–Crippen LogP) is -1.32. The highest BCUT2D eigenvalue weighted by atomic mass is 16.7. The molecular weight excluding hydrogens is 332 g/mol. The van der Waals surface area contributed by atoms with Crippen molar-refractivity contribution in [2.24, 2.45) is 0 Å². The number of hydrogen-bond donors (Lipinski definition) is 4. The van der Waals surface area contributed by atoms with Crippen molar-refractivity contribution >= 4 is 11.4 Å². The number of nitrogens with zero attached hydrogens (tertiary/aromatic N) is 2. The molecule has 12 nitrogen and oxygen atoms in total. The van der Waals surface area contributed by atoms with Crippen LogP contribution in [0.2, 0.25) is 0 Å². The van der Waals surface area contributed by atoms with Gasteiger partial charge < -0.3 is 29.9 Å². The van der Waals surface area contributed by atoms with Gasteiger partial charge in [-0.2, -0.15) is 0 Å². The van der Waals surface area contributed by atoms with Gasteiger partial charge in [0.25, 0.3) is 5.69 Å². The Morgan fingerprint density at radius 3 is 2.29 bits per heavy atom. The van der Waals surface area contributed by atoms with Crippen LogP contribution >= 0.6 is 0 Å². The number of non-ortho nitro benzene ring substituents is 1. The van der Waals surface area contributed by atoms with Crippen LogP contribution in [-0.4, -0.2) is 67.6 Å². The van der Waals surface area contributed by atoms with E-state index in [1.54, 1.807) is 0 Å². The molecule has 0 radical (unpaired) electrons. The number of benzene rings is 1. The normalized spacial score (nSPS) is 29.9. The molecule has 0 spiro atoms. The minimum atomic E-state index is -1.77. The van der Waals surface area contributed by atoms with Crippen molar-refractivity contribution in [2.75, 3.05) is 6.61 Å². The molecule has 4 N–H and O–H groups in total. The van der Waals surface area contributed by atoms with Crippen LogP contribution in [0.1, 0.15) is 0 Å². The van der Waals surface area contributed by atoms with Crippen LogP contribution in [0.25, 0.3) is 0 Å². The van der Waals surface area contributed by atoms with E-state index in [1.165, 1.54) is 0 Å². The second kappa shape index (κ2) is 7.02. The summed E-state index contributed by atoms with van der Waals surface area (Å²) < 4.78 is 10.2. The average Bonchev–Trinajstić information content (AvgIpc) is 2.55. The fourth-order valence-electron chi connectivity index (χ4n) is 2.15. The van der Waals surface area contributed by atoms with E-state index in [-0.39, 0.29) is 0 Å². The second-order valence-electron chi connectivity index (χ2n) is 4.98. The Morgan fingerprint density at radius 1 is 1.08 bits per heavy atom. The zero-order chi connectivity index (χ0) is 18.0. The molecule has 1 aliphatic rings. The molecule has 2 rings (SSSR count). The molecule has 1 aromatic rings. The first-order valence-electron chi connectivity index (χ1n) is 6.66. The van der Waals surface area contributed by atoms with Gasteiger partial charge >= 0.3 is 5.69 Å². The van der Waals surface area contributed by atoms with E-state index in [4.69, 9.17) is 14.6 Å². The average molecular weight is 346 g/mol. The zero-order valence-electron chi connectivity index (χ0n) is 12.0. The van der Waals surface area contributed by atoms with Crippen LogP contribution in [-0.2, 0) is 4.74 Å². The molecule has 0 amide bonds. The fraction of sp³-hybridized carbons (Fsp3) is 0.500. The Balaban J connectivity index is 2.29. The molecule has 1 heterocycles. The summed E-state index contributed by atoms with van der Waals surface area (Å²) in [5, 5.41) is 59.9. The van der Waals surface area contributed by atoms with E-state index in [2.05, 4.69) is 0 Å². The molecular formula is C12H14N2O10. The monoisotopic (exact) mass is 346 g/mol. The summed E-state index contributed by atoms with van der Waals surface area (Å²) in [6.45, 7) is -0.701. The summed E-state index contributed by atoms with van der Waals surface area (Å²) >= 11 is 0. The van der Waals surface area contributed by atoms with Gasteiger partial charge in [0.2, 0.25) is 12.0 Å². The van der Waals surface area contributed by atoms with Crippen LogP contribution < -0.4 is 4.74 Å². The third kappa shape index (κ3) is 3.42. The number of aliphatic hydroxyl groups excluding tert-OH is 4. The molecule has 0 bridgehead atoms. The summed E-state index contributed by atoms with van der Waals surface area (Å²) in [5.74, 6) is -0.449. The van der Waals surface area contributed by atoms with Gasteiger partial charge in [-0.3, -0.25) is 20.2 Å². The van der Waals surface area contributed by atoms with Crippen LogP contribution in [0.15, 0.2) is 18.2 Å². The number of hydrogen-bond acceptors (Lipinski definition) is 10. The first-order valence-corrected chi connectivity index (χ1v) is 6.66. The molecule has 132 valence electrons. The molecule has 0 unspecified atom stereocenters. The Morgan fingerprint density at radius 2 is 1.75 bits per heavy atom. The van der Waals surface area contributed by atoms with Crippen molar-refractivity contribution in [1.29, 1.82) is 0 Å². The van der Waals surface area contributed by atoms with Gasteiger partial charge in [-0.1, -0.05) is 0 Å². The van der Waals surface area contributed by atoms with Gasteiger partial charge in [0, 0.05) is 6.07 Å². The van der Waals surface area contributed by atoms with Gasteiger partial charge in [0.1, 0.15) is 24.4 Å². The maximum atomic E-state index is 11.0. The first-order chi connectivity index (χ1) is 11.3. The largest absolute Gasteiger partial charge is 0.455 e. The van der Waals surface area contributed by atoms with Gasteiger partial charge in [-0.05, 0) is 6.07 Å². The number of aliphatic hydroxyl groups is 4. The van der Waals surface area contributed by atoms with Crippen LogP contribution in [0.4, 0.5) is 11.4 Å². The summed E-state index contributed by atoms with van der Waals surface area (Å²) in [5.41, 5.74) is -1.29. The molecule has 12 heteroatoms. The van der Waals surface area contributed by atoms with Gasteiger partial charge in [0.15, 0.2) is 0 Å². The first kappa shape index (κ1) is 18.0. The number of rotatable bonds is 5. The minimum Gasteiger partial charge on any atom is -0.455 e. The van der Waals surface area contributed by atoms with Crippen molar-refractivity contribution in [3.8, 4) is 5.75 Å². The topological polar surface area (TPSA) is 186 Å². The van der Waals surface area contributed by atoms with E-state index >= 15 is 0 Å². The highest BCUT2D eigenvalue weighted by Crippen LogP contribution is 2.33. The number of ether oxygens (including phenoxy) is 2. The van der Waals surface area contributed by atoms with Gasteiger partial charge in [-0.25, -0.2) is 0 Å². The molecule has 0 aromatic heterocycles. The lowest BCUT2D eigenvalue weighted by molar-refractivity contribution is -0.395. The fourth-order valence-corrected chi connectivity index (χ4v) is 2.15. The van der Waals surface area contributed by atoms with Crippen LogP contribution in [0.3, 0.4) is 0 Å². The van der Waals surface area contributed by atoms with E-state index in [0.717, 1.165) is 12.1 Å². The maximum Gasteiger partial charge on any atom is 0.317 e. The highest BCUT2D eigenvalue weighted by molar-refractivity contribution is 5.53. The van der Waals surface area contributed by atoms with E-state index in [0.29, 0.717) is 6.07 Å². The molecule has 1 fully saturated rings. The van der Waals surface area contributed by atoms with E-state index in [1.807, 2.05) is 0 Å². The maximum absolute atomic E-state index is 11.0. The summed E-state index contributed by atoms with van der Waals surface area (Å²) in [6.07, 6.45) is -8.00. The van der Waals surface area contributed by atoms with Crippen LogP contribution in [0, 0.1) is 20.2 Å². The molecule has 0 aliphatic carbocycles. The lowest BCUT2D eigenvalue weighted by atomic mass is 9.99. The van der Waals surface area contributed by atoms with E-state index in [9.17, 15) is 35.5 Å². The third-order valence-corrected chi connectivity index (χ3v) is 3.44. The zero-order valence-corrected chi connectivity index (χ0v) is 12.0. The van der Waals surface area contributed by atoms with Crippen molar-refractivity contribution in [3.05, 3.63) is 38.4 Å².